The van der Waals surface area contributed by atoms with E-state index < -0.39 is 0 Å². The van der Waals surface area contributed by atoms with Crippen LogP contribution in [0.25, 0.3) is 28.9 Å². The highest BCUT2D eigenvalue weighted by Crippen LogP contribution is 2.33. The quantitative estimate of drug-likeness (QED) is 0.344. The largest absolute Gasteiger partial charge is 0.493 e. The first kappa shape index (κ1) is 20.3. The molecule has 5 rings (SSSR count). The first-order chi connectivity index (χ1) is 15.7. The van der Waals surface area contributed by atoms with Gasteiger partial charge in [-0.1, -0.05) is 30.4 Å². The summed E-state index contributed by atoms with van der Waals surface area (Å²) in [6, 6.07) is 16.6. The van der Waals surface area contributed by atoms with Gasteiger partial charge in [0, 0.05) is 11.9 Å². The molecule has 0 radical (unpaired) electrons. The first-order valence-corrected chi connectivity index (χ1v) is 11.1. The number of methoxy groups -OCH3 is 1. The Morgan fingerprint density at radius 2 is 1.69 bits per heavy atom. The molecule has 5 heteroatoms. The summed E-state index contributed by atoms with van der Waals surface area (Å²) < 4.78 is 13.9. The van der Waals surface area contributed by atoms with Crippen LogP contribution in [-0.2, 0) is 0 Å². The van der Waals surface area contributed by atoms with Gasteiger partial charge < -0.3 is 9.47 Å². The first-order valence-electron chi connectivity index (χ1n) is 11.1. The van der Waals surface area contributed by atoms with Gasteiger partial charge in [-0.2, -0.15) is 0 Å². The molecular weight excluding hydrogens is 398 g/mol. The molecule has 2 aromatic carbocycles. The second kappa shape index (κ2) is 8.87. The van der Waals surface area contributed by atoms with E-state index in [1.165, 1.54) is 12.8 Å². The van der Waals surface area contributed by atoms with Crippen LogP contribution in [0.3, 0.4) is 0 Å². The van der Waals surface area contributed by atoms with Gasteiger partial charge in [-0.25, -0.2) is 4.98 Å². The number of rotatable bonds is 6. The van der Waals surface area contributed by atoms with Crippen LogP contribution in [0.5, 0.6) is 11.5 Å². The Kier molecular flexibility index (Phi) is 5.63. The number of nitrogens with zero attached hydrogens (tertiary/aromatic N) is 3. The van der Waals surface area contributed by atoms with Crippen molar-refractivity contribution in [3.05, 3.63) is 77.9 Å². The van der Waals surface area contributed by atoms with Crippen molar-refractivity contribution in [1.29, 1.82) is 0 Å². The second-order valence-electron chi connectivity index (χ2n) is 8.22. The van der Waals surface area contributed by atoms with Crippen LogP contribution in [0.4, 0.5) is 0 Å². The lowest BCUT2D eigenvalue weighted by Crippen LogP contribution is -2.11. The maximum Gasteiger partial charge on any atom is 0.162 e. The molecule has 0 aliphatic heterocycles. The molecule has 1 fully saturated rings. The Bertz CT molecular complexity index is 1250. The van der Waals surface area contributed by atoms with Crippen molar-refractivity contribution in [2.45, 2.75) is 38.7 Å². The van der Waals surface area contributed by atoms with Crippen LogP contribution >= 0.6 is 0 Å². The summed E-state index contributed by atoms with van der Waals surface area (Å²) in [7, 11) is 1.69. The van der Waals surface area contributed by atoms with Crippen molar-refractivity contribution in [1.82, 2.24) is 14.5 Å². The average Bonchev–Trinajstić information content (AvgIpc) is 3.45. The van der Waals surface area contributed by atoms with Crippen molar-refractivity contribution < 1.29 is 9.47 Å². The number of fused-ring (bicyclic) bond motifs is 1. The third-order valence-electron chi connectivity index (χ3n) is 6.03. The van der Waals surface area contributed by atoms with E-state index in [1.54, 1.807) is 19.5 Å². The molecule has 0 atom stereocenters. The third-order valence-corrected chi connectivity index (χ3v) is 6.03. The Hall–Kier alpha value is -3.60. The zero-order valence-corrected chi connectivity index (χ0v) is 18.5. The number of imidazole rings is 1. The molecule has 32 heavy (non-hydrogen) atoms. The van der Waals surface area contributed by atoms with E-state index in [-0.39, 0.29) is 0 Å². The summed E-state index contributed by atoms with van der Waals surface area (Å²) >= 11 is 0. The van der Waals surface area contributed by atoms with E-state index in [2.05, 4.69) is 63.1 Å². The Labute approximate surface area is 188 Å². The third kappa shape index (κ3) is 4.11. The number of hydrogen-bond donors (Lipinski definition) is 0. The van der Waals surface area contributed by atoms with Gasteiger partial charge in [0.05, 0.1) is 24.9 Å². The molecule has 2 aromatic heterocycles. The van der Waals surface area contributed by atoms with E-state index in [1.807, 2.05) is 19.1 Å². The lowest BCUT2D eigenvalue weighted by molar-refractivity contribution is 0.201. The maximum atomic E-state index is 6.22. The molecule has 1 saturated carbocycles. The van der Waals surface area contributed by atoms with Gasteiger partial charge in [-0.3, -0.25) is 9.55 Å². The topological polar surface area (TPSA) is 49.2 Å². The predicted molar refractivity (Wildman–Crippen MR) is 128 cm³/mol. The van der Waals surface area contributed by atoms with Crippen LogP contribution < -0.4 is 9.47 Å². The van der Waals surface area contributed by atoms with Gasteiger partial charge >= 0.3 is 0 Å². The van der Waals surface area contributed by atoms with Gasteiger partial charge in [0.2, 0.25) is 0 Å². The van der Waals surface area contributed by atoms with E-state index in [0.717, 1.165) is 58.0 Å². The van der Waals surface area contributed by atoms with Gasteiger partial charge in [-0.15, -0.1) is 0 Å². The SMILES string of the molecule is COc1ccc(C=Cc2ccc(-n3c(C)nc4cnccc43)cc2)cc1OC1CCCC1. The highest BCUT2D eigenvalue weighted by molar-refractivity contribution is 5.77. The molecule has 0 N–H and O–H groups in total. The second-order valence-corrected chi connectivity index (χ2v) is 8.22. The van der Waals surface area contributed by atoms with Crippen molar-refractivity contribution >= 4 is 23.2 Å². The zero-order chi connectivity index (χ0) is 21.9. The Morgan fingerprint density at radius 1 is 0.938 bits per heavy atom. The molecule has 1 aliphatic rings. The van der Waals surface area contributed by atoms with Crippen LogP contribution in [0.1, 0.15) is 42.6 Å². The summed E-state index contributed by atoms with van der Waals surface area (Å²) in [5.74, 6) is 2.56. The predicted octanol–water partition coefficient (Wildman–Crippen LogP) is 6.23. The molecule has 5 nitrogen and oxygen atoms in total. The van der Waals surface area contributed by atoms with Crippen molar-refractivity contribution in [3.8, 4) is 17.2 Å². The zero-order valence-electron chi connectivity index (χ0n) is 18.5. The van der Waals surface area contributed by atoms with E-state index in [0.29, 0.717) is 6.10 Å². The lowest BCUT2D eigenvalue weighted by atomic mass is 10.1. The van der Waals surface area contributed by atoms with Crippen LogP contribution in [0.15, 0.2) is 60.9 Å². The molecule has 0 amide bonds. The van der Waals surface area contributed by atoms with Crippen LogP contribution in [0.2, 0.25) is 0 Å². The van der Waals surface area contributed by atoms with Crippen molar-refractivity contribution in [2.24, 2.45) is 0 Å². The van der Waals surface area contributed by atoms with Gasteiger partial charge in [0.15, 0.2) is 11.5 Å². The van der Waals surface area contributed by atoms with E-state index in [9.17, 15) is 0 Å². The van der Waals surface area contributed by atoms with Gasteiger partial charge in [-0.05, 0) is 74.1 Å². The fourth-order valence-corrected chi connectivity index (χ4v) is 4.38. The minimum absolute atomic E-state index is 0.300. The number of pyridine rings is 1. The van der Waals surface area contributed by atoms with Crippen LogP contribution in [-0.4, -0.2) is 27.7 Å². The number of benzene rings is 2. The van der Waals surface area contributed by atoms with Crippen molar-refractivity contribution in [3.63, 3.8) is 0 Å². The molecule has 0 unspecified atom stereocenters. The molecule has 0 saturated heterocycles. The summed E-state index contributed by atoms with van der Waals surface area (Å²) in [5, 5.41) is 0. The van der Waals surface area contributed by atoms with Crippen molar-refractivity contribution in [2.75, 3.05) is 7.11 Å². The average molecular weight is 426 g/mol. The van der Waals surface area contributed by atoms with E-state index >= 15 is 0 Å². The summed E-state index contributed by atoms with van der Waals surface area (Å²) in [5.41, 5.74) is 5.28. The number of aromatic nitrogens is 3. The smallest absolute Gasteiger partial charge is 0.162 e. The summed E-state index contributed by atoms with van der Waals surface area (Å²) in [6.07, 6.45) is 12.9. The Morgan fingerprint density at radius 3 is 2.47 bits per heavy atom. The molecule has 1 aliphatic carbocycles. The maximum absolute atomic E-state index is 6.22. The highest BCUT2D eigenvalue weighted by atomic mass is 16.5. The normalized spacial score (nSPS) is 14.4. The summed E-state index contributed by atoms with van der Waals surface area (Å²) in [6.45, 7) is 2.02. The number of ether oxygens (including phenoxy) is 2. The minimum atomic E-state index is 0.300. The monoisotopic (exact) mass is 425 g/mol. The highest BCUT2D eigenvalue weighted by Gasteiger charge is 2.18. The van der Waals surface area contributed by atoms with Crippen LogP contribution in [0, 0.1) is 6.92 Å². The van der Waals surface area contributed by atoms with Gasteiger partial charge in [0.1, 0.15) is 11.3 Å². The standard InChI is InChI=1S/C27H27N3O2/c1-19-29-24-18-28-16-15-25(24)30(19)22-12-9-20(10-13-22)7-8-21-11-14-26(31-2)27(17-21)32-23-5-3-4-6-23/h7-18,23H,3-6H2,1-2H3. The molecule has 2 heterocycles. The fraction of sp³-hybridized carbons (Fsp3) is 0.259. The molecule has 0 bridgehead atoms. The molecule has 0 spiro atoms. The fourth-order valence-electron chi connectivity index (χ4n) is 4.38. The Balaban J connectivity index is 1.36. The lowest BCUT2D eigenvalue weighted by Gasteiger charge is -2.16. The molecule has 162 valence electrons. The minimum Gasteiger partial charge on any atom is -0.493 e. The van der Waals surface area contributed by atoms with Gasteiger partial charge in [0.25, 0.3) is 0 Å². The number of aryl methyl sites for hydroxylation is 1. The van der Waals surface area contributed by atoms with E-state index in [4.69, 9.17) is 9.47 Å². The summed E-state index contributed by atoms with van der Waals surface area (Å²) in [4.78, 5) is 8.78. The molecular formula is C27H27N3O2. The molecule has 4 aromatic rings. The number of hydrogen-bond acceptors (Lipinski definition) is 4.